The van der Waals surface area contributed by atoms with Crippen molar-refractivity contribution in [2.24, 2.45) is 0 Å². The molecule has 0 atom stereocenters. The van der Waals surface area contributed by atoms with Crippen LogP contribution >= 0.6 is 43.2 Å². The highest BCUT2D eigenvalue weighted by Gasteiger charge is 2.16. The van der Waals surface area contributed by atoms with Gasteiger partial charge in [0, 0.05) is 18.1 Å². The molecule has 6 heteroatoms. The minimum absolute atomic E-state index is 0.0434. The average Bonchev–Trinajstić information content (AvgIpc) is 2.84. The van der Waals surface area contributed by atoms with E-state index < -0.39 is 0 Å². The third-order valence-electron chi connectivity index (χ3n) is 2.79. The van der Waals surface area contributed by atoms with Gasteiger partial charge < -0.3 is 9.64 Å². The number of hydrogen-bond donors (Lipinski definition) is 0. The van der Waals surface area contributed by atoms with Gasteiger partial charge in [0.05, 0.1) is 16.5 Å². The molecule has 0 radical (unpaired) electrons. The van der Waals surface area contributed by atoms with Gasteiger partial charge in [0.1, 0.15) is 5.75 Å². The number of thiophene rings is 1. The number of halogens is 2. The number of carbonyl (C=O) groups excluding carboxylic acids is 1. The molecular formula is C14H13Br2NO2S. The van der Waals surface area contributed by atoms with E-state index in [0.717, 1.165) is 13.8 Å². The SMILES string of the molecule is COc1ccc(Br)c(C(=O)N(C)Cc2csc(Br)c2)c1. The van der Waals surface area contributed by atoms with Crippen molar-refractivity contribution in [3.05, 3.63) is 49.0 Å². The fraction of sp³-hybridized carbons (Fsp3) is 0.214. The summed E-state index contributed by atoms with van der Waals surface area (Å²) in [6.45, 7) is 0.574. The minimum Gasteiger partial charge on any atom is -0.497 e. The van der Waals surface area contributed by atoms with E-state index in [1.165, 1.54) is 0 Å². The monoisotopic (exact) mass is 417 g/mol. The van der Waals surface area contributed by atoms with Crippen LogP contribution in [-0.2, 0) is 6.54 Å². The number of ether oxygens (including phenoxy) is 1. The first-order valence-corrected chi connectivity index (χ1v) is 8.29. The smallest absolute Gasteiger partial charge is 0.255 e. The number of carbonyl (C=O) groups is 1. The van der Waals surface area contributed by atoms with E-state index in [-0.39, 0.29) is 5.91 Å². The number of amides is 1. The Kier molecular flexibility index (Phi) is 5.23. The van der Waals surface area contributed by atoms with Gasteiger partial charge in [0.25, 0.3) is 5.91 Å². The predicted molar refractivity (Wildman–Crippen MR) is 88.5 cm³/mol. The summed E-state index contributed by atoms with van der Waals surface area (Å²) in [5.74, 6) is 0.626. The van der Waals surface area contributed by atoms with E-state index in [1.807, 2.05) is 23.6 Å². The summed E-state index contributed by atoms with van der Waals surface area (Å²) in [5.41, 5.74) is 1.71. The highest BCUT2D eigenvalue weighted by atomic mass is 79.9. The molecule has 0 bridgehead atoms. The highest BCUT2D eigenvalue weighted by molar-refractivity contribution is 9.11. The maximum atomic E-state index is 12.5. The van der Waals surface area contributed by atoms with Crippen molar-refractivity contribution in [1.82, 2.24) is 4.90 Å². The standard InChI is InChI=1S/C14H13Br2NO2S/c1-17(7-9-5-13(16)20-8-9)14(18)11-6-10(19-2)3-4-12(11)15/h3-6,8H,7H2,1-2H3. The van der Waals surface area contributed by atoms with Crippen molar-refractivity contribution in [2.75, 3.05) is 14.2 Å². The molecule has 1 aromatic carbocycles. The van der Waals surface area contributed by atoms with E-state index in [9.17, 15) is 4.79 Å². The summed E-state index contributed by atoms with van der Waals surface area (Å²) in [7, 11) is 3.38. The fourth-order valence-electron chi connectivity index (χ4n) is 1.78. The lowest BCUT2D eigenvalue weighted by atomic mass is 10.2. The van der Waals surface area contributed by atoms with E-state index in [4.69, 9.17) is 4.74 Å². The van der Waals surface area contributed by atoms with E-state index in [0.29, 0.717) is 17.9 Å². The van der Waals surface area contributed by atoms with Gasteiger partial charge in [-0.3, -0.25) is 4.79 Å². The molecule has 20 heavy (non-hydrogen) atoms. The Balaban J connectivity index is 2.17. The molecule has 3 nitrogen and oxygen atoms in total. The van der Waals surface area contributed by atoms with Crippen LogP contribution in [0.3, 0.4) is 0 Å². The maximum absolute atomic E-state index is 12.5. The fourth-order valence-corrected chi connectivity index (χ4v) is 3.39. The van der Waals surface area contributed by atoms with Gasteiger partial charge in [-0.1, -0.05) is 0 Å². The summed E-state index contributed by atoms with van der Waals surface area (Å²) in [4.78, 5) is 14.2. The Morgan fingerprint density at radius 1 is 1.35 bits per heavy atom. The van der Waals surface area contributed by atoms with Crippen LogP contribution in [0.5, 0.6) is 5.75 Å². The molecule has 0 aliphatic rings. The zero-order chi connectivity index (χ0) is 14.7. The third kappa shape index (κ3) is 3.62. The Morgan fingerprint density at radius 3 is 2.70 bits per heavy atom. The second kappa shape index (κ2) is 6.74. The zero-order valence-corrected chi connectivity index (χ0v) is 15.0. The van der Waals surface area contributed by atoms with Gasteiger partial charge in [-0.15, -0.1) is 11.3 Å². The molecule has 0 aliphatic heterocycles. The van der Waals surface area contributed by atoms with Crippen LogP contribution in [0.15, 0.2) is 37.9 Å². The second-order valence-corrected chi connectivity index (χ2v) is 7.41. The van der Waals surface area contributed by atoms with Gasteiger partial charge in [-0.2, -0.15) is 0 Å². The molecule has 0 unspecified atom stereocenters. The lowest BCUT2D eigenvalue weighted by Gasteiger charge is -2.17. The van der Waals surface area contributed by atoms with Crippen LogP contribution in [-0.4, -0.2) is 25.0 Å². The van der Waals surface area contributed by atoms with Crippen LogP contribution < -0.4 is 4.74 Å². The summed E-state index contributed by atoms with van der Waals surface area (Å²) in [5, 5.41) is 2.04. The normalized spacial score (nSPS) is 10.4. The van der Waals surface area contributed by atoms with Gasteiger partial charge in [-0.25, -0.2) is 0 Å². The molecule has 2 rings (SSSR count). The molecule has 1 heterocycles. The third-order valence-corrected chi connectivity index (χ3v) is 5.04. The summed E-state index contributed by atoms with van der Waals surface area (Å²) < 4.78 is 7.00. The van der Waals surface area contributed by atoms with Gasteiger partial charge in [0.15, 0.2) is 0 Å². The second-order valence-electron chi connectivity index (χ2n) is 4.27. The molecule has 0 spiro atoms. The van der Waals surface area contributed by atoms with Crippen molar-refractivity contribution in [1.29, 1.82) is 0 Å². The Labute approximate surface area is 138 Å². The van der Waals surface area contributed by atoms with Crippen molar-refractivity contribution in [3.63, 3.8) is 0 Å². The molecule has 0 aliphatic carbocycles. The molecule has 106 valence electrons. The first-order valence-electron chi connectivity index (χ1n) is 5.83. The summed E-state index contributed by atoms with van der Waals surface area (Å²) >= 11 is 8.45. The molecule has 0 fully saturated rings. The van der Waals surface area contributed by atoms with Crippen LogP contribution in [0.4, 0.5) is 0 Å². The largest absolute Gasteiger partial charge is 0.497 e. The number of nitrogens with zero attached hydrogens (tertiary/aromatic N) is 1. The average molecular weight is 419 g/mol. The van der Waals surface area contributed by atoms with Gasteiger partial charge in [0.2, 0.25) is 0 Å². The van der Waals surface area contributed by atoms with Crippen molar-refractivity contribution in [2.45, 2.75) is 6.54 Å². The topological polar surface area (TPSA) is 29.5 Å². The molecular weight excluding hydrogens is 406 g/mol. The first-order chi connectivity index (χ1) is 9.51. The molecule has 0 N–H and O–H groups in total. The molecule has 1 aromatic heterocycles. The van der Waals surface area contributed by atoms with Crippen LogP contribution in [0.25, 0.3) is 0 Å². The number of hydrogen-bond acceptors (Lipinski definition) is 3. The molecule has 0 saturated carbocycles. The number of methoxy groups -OCH3 is 1. The predicted octanol–water partition coefficient (Wildman–Crippen LogP) is 4.55. The number of rotatable bonds is 4. The lowest BCUT2D eigenvalue weighted by molar-refractivity contribution is 0.0784. The Morgan fingerprint density at radius 2 is 2.10 bits per heavy atom. The van der Waals surface area contributed by atoms with Crippen molar-refractivity contribution >= 4 is 49.1 Å². The Hall–Kier alpha value is -0.850. The molecule has 0 saturated heterocycles. The number of benzene rings is 1. The van der Waals surface area contributed by atoms with E-state index >= 15 is 0 Å². The van der Waals surface area contributed by atoms with Crippen LogP contribution in [0.2, 0.25) is 0 Å². The first kappa shape index (κ1) is 15.5. The van der Waals surface area contributed by atoms with Crippen molar-refractivity contribution < 1.29 is 9.53 Å². The minimum atomic E-state index is -0.0434. The van der Waals surface area contributed by atoms with E-state index in [1.54, 1.807) is 36.5 Å². The Bertz CT molecular complexity index is 627. The van der Waals surface area contributed by atoms with Gasteiger partial charge in [-0.05, 0) is 67.1 Å². The molecule has 1 amide bonds. The van der Waals surface area contributed by atoms with Crippen LogP contribution in [0, 0.1) is 0 Å². The summed E-state index contributed by atoms with van der Waals surface area (Å²) in [6, 6.07) is 7.40. The van der Waals surface area contributed by atoms with Crippen molar-refractivity contribution in [3.8, 4) is 5.75 Å². The molecule has 2 aromatic rings. The highest BCUT2D eigenvalue weighted by Crippen LogP contribution is 2.25. The summed E-state index contributed by atoms with van der Waals surface area (Å²) in [6.07, 6.45) is 0. The maximum Gasteiger partial charge on any atom is 0.255 e. The van der Waals surface area contributed by atoms with E-state index in [2.05, 4.69) is 31.9 Å². The lowest BCUT2D eigenvalue weighted by Crippen LogP contribution is -2.26. The quantitative estimate of drug-likeness (QED) is 0.728. The zero-order valence-electron chi connectivity index (χ0n) is 11.0. The van der Waals surface area contributed by atoms with Crippen LogP contribution in [0.1, 0.15) is 15.9 Å². The van der Waals surface area contributed by atoms with Gasteiger partial charge >= 0.3 is 0 Å².